The quantitative estimate of drug-likeness (QED) is 0.839. The fourth-order valence-corrected chi connectivity index (χ4v) is 2.61. The molecule has 0 atom stereocenters. The van der Waals surface area contributed by atoms with E-state index in [0.717, 1.165) is 37.1 Å². The number of ether oxygens (including phenoxy) is 1. The van der Waals surface area contributed by atoms with Crippen molar-refractivity contribution in [2.24, 2.45) is 5.73 Å². The van der Waals surface area contributed by atoms with Gasteiger partial charge in [-0.15, -0.1) is 0 Å². The molecule has 0 radical (unpaired) electrons. The lowest BCUT2D eigenvalue weighted by molar-refractivity contribution is 0.0350. The Labute approximate surface area is 126 Å². The summed E-state index contributed by atoms with van der Waals surface area (Å²) in [4.78, 5) is 14.5. The number of nitrogens with zero attached hydrogens (tertiary/aromatic N) is 1. The fourth-order valence-electron chi connectivity index (χ4n) is 2.61. The van der Waals surface area contributed by atoms with Gasteiger partial charge in [-0.05, 0) is 43.5 Å². The van der Waals surface area contributed by atoms with Crippen molar-refractivity contribution in [2.45, 2.75) is 25.9 Å². The lowest BCUT2D eigenvalue weighted by Crippen LogP contribution is -2.40. The molecule has 1 heterocycles. The summed E-state index contributed by atoms with van der Waals surface area (Å²) in [5, 5.41) is 0. The number of rotatable bonds is 2. The highest BCUT2D eigenvalue weighted by Gasteiger charge is 2.23. The fraction of sp³-hybridized carbons (Fsp3) is 0.471. The van der Waals surface area contributed by atoms with E-state index < -0.39 is 0 Å². The van der Waals surface area contributed by atoms with E-state index in [0.29, 0.717) is 12.1 Å². The number of hydrogen-bond acceptors (Lipinski definition) is 3. The molecule has 0 spiro atoms. The minimum Gasteiger partial charge on any atom is -0.381 e. The Hall–Kier alpha value is -1.83. The standard InChI is InChI=1S/C17H22N2O2/c1-13-10-14(4-3-7-18)12-15(11-13)17(20)19-8-5-16(21-2)6-9-19/h10-12,16H,5-9,18H2,1-2H3. The second kappa shape index (κ2) is 7.26. The van der Waals surface area contributed by atoms with Crippen LogP contribution >= 0.6 is 0 Å². The average molecular weight is 286 g/mol. The molecule has 1 amide bonds. The van der Waals surface area contributed by atoms with E-state index in [-0.39, 0.29) is 12.0 Å². The Morgan fingerprint density at radius 1 is 1.38 bits per heavy atom. The van der Waals surface area contributed by atoms with Gasteiger partial charge < -0.3 is 15.4 Å². The first kappa shape index (κ1) is 15.6. The van der Waals surface area contributed by atoms with Gasteiger partial charge in [-0.25, -0.2) is 0 Å². The Bertz CT molecular complexity index is 564. The van der Waals surface area contributed by atoms with Crippen molar-refractivity contribution < 1.29 is 9.53 Å². The van der Waals surface area contributed by atoms with Gasteiger partial charge >= 0.3 is 0 Å². The van der Waals surface area contributed by atoms with E-state index in [1.165, 1.54) is 0 Å². The number of carbonyl (C=O) groups excluding carboxylic acids is 1. The molecule has 0 aliphatic carbocycles. The third-order valence-electron chi connectivity index (χ3n) is 3.72. The molecule has 1 aliphatic rings. The average Bonchev–Trinajstić information content (AvgIpc) is 2.51. The molecule has 21 heavy (non-hydrogen) atoms. The predicted octanol–water partition coefficient (Wildman–Crippen LogP) is 1.56. The highest BCUT2D eigenvalue weighted by atomic mass is 16.5. The highest BCUT2D eigenvalue weighted by Crippen LogP contribution is 2.17. The third-order valence-corrected chi connectivity index (χ3v) is 3.72. The third kappa shape index (κ3) is 4.07. The Morgan fingerprint density at radius 2 is 2.10 bits per heavy atom. The molecule has 1 aromatic rings. The normalized spacial score (nSPS) is 15.5. The van der Waals surface area contributed by atoms with Crippen molar-refractivity contribution in [1.29, 1.82) is 0 Å². The topological polar surface area (TPSA) is 55.6 Å². The van der Waals surface area contributed by atoms with E-state index in [4.69, 9.17) is 10.5 Å². The molecule has 112 valence electrons. The lowest BCUT2D eigenvalue weighted by Gasteiger charge is -2.31. The van der Waals surface area contributed by atoms with Crippen molar-refractivity contribution in [1.82, 2.24) is 4.90 Å². The Morgan fingerprint density at radius 3 is 2.71 bits per heavy atom. The predicted molar refractivity (Wildman–Crippen MR) is 83.0 cm³/mol. The number of amides is 1. The zero-order valence-electron chi connectivity index (χ0n) is 12.7. The van der Waals surface area contributed by atoms with Crippen molar-refractivity contribution in [2.75, 3.05) is 26.7 Å². The van der Waals surface area contributed by atoms with E-state index in [1.807, 2.05) is 30.0 Å². The minimum atomic E-state index is 0.0732. The SMILES string of the molecule is COC1CCN(C(=O)c2cc(C)cc(C#CCN)c2)CC1. The van der Waals surface area contributed by atoms with Crippen LogP contribution in [0.4, 0.5) is 0 Å². The van der Waals surface area contributed by atoms with Crippen LogP contribution in [0.2, 0.25) is 0 Å². The maximum atomic E-state index is 12.6. The zero-order valence-corrected chi connectivity index (χ0v) is 12.7. The van der Waals surface area contributed by atoms with E-state index in [2.05, 4.69) is 11.8 Å². The monoisotopic (exact) mass is 286 g/mol. The van der Waals surface area contributed by atoms with Crippen molar-refractivity contribution >= 4 is 5.91 Å². The van der Waals surface area contributed by atoms with E-state index in [1.54, 1.807) is 7.11 Å². The van der Waals surface area contributed by atoms with Crippen LogP contribution in [-0.4, -0.2) is 43.7 Å². The van der Waals surface area contributed by atoms with Gasteiger partial charge in [0.05, 0.1) is 12.6 Å². The smallest absolute Gasteiger partial charge is 0.253 e. The van der Waals surface area contributed by atoms with Gasteiger partial charge in [0.1, 0.15) is 0 Å². The van der Waals surface area contributed by atoms with E-state index in [9.17, 15) is 4.79 Å². The Kier molecular flexibility index (Phi) is 5.38. The molecule has 1 aromatic carbocycles. The lowest BCUT2D eigenvalue weighted by atomic mass is 10.0. The van der Waals surface area contributed by atoms with Crippen LogP contribution in [0, 0.1) is 18.8 Å². The molecular formula is C17H22N2O2. The van der Waals surface area contributed by atoms with Gasteiger partial charge in [-0.1, -0.05) is 11.8 Å². The summed E-state index contributed by atoms with van der Waals surface area (Å²) in [6.45, 7) is 3.79. The number of methoxy groups -OCH3 is 1. The molecule has 1 fully saturated rings. The summed E-state index contributed by atoms with van der Waals surface area (Å²) in [7, 11) is 1.73. The van der Waals surface area contributed by atoms with Crippen molar-refractivity contribution in [3.8, 4) is 11.8 Å². The van der Waals surface area contributed by atoms with Crippen LogP contribution in [0.5, 0.6) is 0 Å². The van der Waals surface area contributed by atoms with Gasteiger partial charge in [-0.2, -0.15) is 0 Å². The summed E-state index contributed by atoms with van der Waals surface area (Å²) in [5.41, 5.74) is 7.98. The van der Waals surface area contributed by atoms with Crippen LogP contribution in [0.25, 0.3) is 0 Å². The van der Waals surface area contributed by atoms with Gasteiger partial charge in [0, 0.05) is 31.3 Å². The summed E-state index contributed by atoms with van der Waals surface area (Å²) < 4.78 is 5.34. The number of likely N-dealkylation sites (tertiary alicyclic amines) is 1. The number of nitrogens with two attached hydrogens (primary N) is 1. The second-order valence-corrected chi connectivity index (χ2v) is 5.32. The largest absolute Gasteiger partial charge is 0.381 e. The highest BCUT2D eigenvalue weighted by molar-refractivity contribution is 5.94. The van der Waals surface area contributed by atoms with Crippen molar-refractivity contribution in [3.63, 3.8) is 0 Å². The van der Waals surface area contributed by atoms with Gasteiger partial charge in [0.15, 0.2) is 0 Å². The van der Waals surface area contributed by atoms with Crippen LogP contribution in [0.3, 0.4) is 0 Å². The first-order chi connectivity index (χ1) is 10.1. The summed E-state index contributed by atoms with van der Waals surface area (Å²) in [6, 6.07) is 5.73. The molecule has 0 saturated carbocycles. The van der Waals surface area contributed by atoms with Gasteiger partial charge in [0.2, 0.25) is 0 Å². The molecule has 2 N–H and O–H groups in total. The van der Waals surface area contributed by atoms with Crippen LogP contribution in [-0.2, 0) is 4.74 Å². The van der Waals surface area contributed by atoms with Crippen LogP contribution in [0.1, 0.15) is 34.3 Å². The molecule has 1 aliphatic heterocycles. The summed E-state index contributed by atoms with van der Waals surface area (Å²) >= 11 is 0. The number of piperidine rings is 1. The number of aryl methyl sites for hydroxylation is 1. The number of carbonyl (C=O) groups is 1. The Balaban J connectivity index is 2.14. The van der Waals surface area contributed by atoms with E-state index >= 15 is 0 Å². The molecule has 4 heteroatoms. The maximum Gasteiger partial charge on any atom is 0.253 e. The molecule has 0 bridgehead atoms. The molecule has 2 rings (SSSR count). The van der Waals surface area contributed by atoms with Gasteiger partial charge in [0.25, 0.3) is 5.91 Å². The van der Waals surface area contributed by atoms with Crippen LogP contribution in [0.15, 0.2) is 18.2 Å². The van der Waals surface area contributed by atoms with Gasteiger partial charge in [-0.3, -0.25) is 4.79 Å². The molecule has 1 saturated heterocycles. The number of benzene rings is 1. The van der Waals surface area contributed by atoms with Crippen LogP contribution < -0.4 is 5.73 Å². The molecule has 4 nitrogen and oxygen atoms in total. The van der Waals surface area contributed by atoms with Crippen molar-refractivity contribution in [3.05, 3.63) is 34.9 Å². The summed E-state index contributed by atoms with van der Waals surface area (Å²) in [6.07, 6.45) is 2.07. The first-order valence-corrected chi connectivity index (χ1v) is 7.26. The number of hydrogen-bond donors (Lipinski definition) is 1. The minimum absolute atomic E-state index is 0.0732. The first-order valence-electron chi connectivity index (χ1n) is 7.26. The zero-order chi connectivity index (χ0) is 15.2. The second-order valence-electron chi connectivity index (χ2n) is 5.32. The molecular weight excluding hydrogens is 264 g/mol. The maximum absolute atomic E-state index is 12.6. The molecule has 0 aromatic heterocycles. The molecule has 0 unspecified atom stereocenters. The summed E-state index contributed by atoms with van der Waals surface area (Å²) in [5.74, 6) is 5.89.